The number of aliphatic hydroxyl groups is 1. The van der Waals surface area contributed by atoms with Gasteiger partial charge in [0.15, 0.2) is 0 Å². The van der Waals surface area contributed by atoms with E-state index in [-0.39, 0.29) is 18.6 Å². The number of carboxylic acids is 2. The Balaban J connectivity index is 5.19. The highest BCUT2D eigenvalue weighted by atomic mass is 32.2. The number of hydrogen-bond acceptors (Lipinski definition) is 9. The summed E-state index contributed by atoms with van der Waals surface area (Å²) in [5.74, 6) is -4.67. The molecule has 0 saturated carbocycles. The van der Waals surface area contributed by atoms with Gasteiger partial charge in [-0.15, -0.1) is 0 Å². The minimum absolute atomic E-state index is 0.172. The van der Waals surface area contributed by atoms with Crippen LogP contribution in [0.2, 0.25) is 0 Å². The van der Waals surface area contributed by atoms with Crippen molar-refractivity contribution in [2.75, 3.05) is 24.4 Å². The lowest BCUT2D eigenvalue weighted by Crippen LogP contribution is -2.58. The van der Waals surface area contributed by atoms with Crippen LogP contribution in [0.5, 0.6) is 0 Å². The molecular formula is C16H28N4O8S2. The number of carboxylic acid groups (broad SMARTS) is 2. The second-order valence-corrected chi connectivity index (χ2v) is 7.56. The second kappa shape index (κ2) is 14.9. The standard InChI is InChI=1S/C16H28N4O8S2/c1-30-5-4-10(16(27)28)19-15(26)11(7-29)20-14(25)9(2-3-12(22)23)18-13(24)8(17)6-21/h8-11,21,29H,2-7,17H2,1H3,(H,18,24)(H,19,26)(H,20,25)(H,22,23)(H,27,28). The first-order valence-electron chi connectivity index (χ1n) is 8.89. The van der Waals surface area contributed by atoms with Crippen molar-refractivity contribution in [1.82, 2.24) is 16.0 Å². The maximum atomic E-state index is 12.5. The molecule has 0 aromatic rings. The van der Waals surface area contributed by atoms with Crippen LogP contribution in [0.4, 0.5) is 0 Å². The van der Waals surface area contributed by atoms with E-state index in [2.05, 4.69) is 28.6 Å². The molecule has 30 heavy (non-hydrogen) atoms. The molecule has 172 valence electrons. The molecule has 0 aliphatic heterocycles. The molecule has 4 unspecified atom stereocenters. The van der Waals surface area contributed by atoms with Crippen molar-refractivity contribution >= 4 is 54.1 Å². The topological polar surface area (TPSA) is 208 Å². The van der Waals surface area contributed by atoms with Gasteiger partial charge in [0.2, 0.25) is 17.7 Å². The number of nitrogens with one attached hydrogen (secondary N) is 3. The molecule has 0 radical (unpaired) electrons. The third-order valence-corrected chi connectivity index (χ3v) is 4.86. The van der Waals surface area contributed by atoms with Gasteiger partial charge in [0.25, 0.3) is 0 Å². The molecule has 4 atom stereocenters. The van der Waals surface area contributed by atoms with Crippen molar-refractivity contribution in [3.05, 3.63) is 0 Å². The molecule has 12 nitrogen and oxygen atoms in total. The van der Waals surface area contributed by atoms with Crippen molar-refractivity contribution in [3.63, 3.8) is 0 Å². The van der Waals surface area contributed by atoms with Crippen LogP contribution in [0, 0.1) is 0 Å². The number of aliphatic carboxylic acids is 2. The summed E-state index contributed by atoms with van der Waals surface area (Å²) in [6, 6.07) is -5.04. The van der Waals surface area contributed by atoms with Crippen molar-refractivity contribution in [2.24, 2.45) is 5.73 Å². The first kappa shape index (κ1) is 28.0. The Morgan fingerprint density at radius 3 is 1.93 bits per heavy atom. The lowest BCUT2D eigenvalue weighted by Gasteiger charge is -2.24. The molecule has 14 heteroatoms. The van der Waals surface area contributed by atoms with Crippen molar-refractivity contribution < 1.29 is 39.3 Å². The molecule has 0 spiro atoms. The Bertz CT molecular complexity index is 622. The number of amides is 3. The molecule has 0 saturated heterocycles. The Labute approximate surface area is 183 Å². The quantitative estimate of drug-likeness (QED) is 0.117. The van der Waals surface area contributed by atoms with Crippen LogP contribution < -0.4 is 21.7 Å². The Hall–Kier alpha value is -2.03. The van der Waals surface area contributed by atoms with Crippen molar-refractivity contribution in [3.8, 4) is 0 Å². The Kier molecular flexibility index (Phi) is 13.9. The predicted octanol–water partition coefficient (Wildman–Crippen LogP) is -2.61. The van der Waals surface area contributed by atoms with Crippen LogP contribution in [0.3, 0.4) is 0 Å². The summed E-state index contributed by atoms with van der Waals surface area (Å²) in [5, 5.41) is 33.8. The molecule has 8 N–H and O–H groups in total. The van der Waals surface area contributed by atoms with E-state index in [1.807, 2.05) is 0 Å². The van der Waals surface area contributed by atoms with E-state index in [0.717, 1.165) is 0 Å². The fraction of sp³-hybridized carbons (Fsp3) is 0.688. The molecule has 0 rings (SSSR count). The zero-order valence-corrected chi connectivity index (χ0v) is 18.1. The maximum Gasteiger partial charge on any atom is 0.326 e. The second-order valence-electron chi connectivity index (χ2n) is 6.21. The molecule has 0 aliphatic carbocycles. The number of thiol groups is 1. The number of hydrogen-bond donors (Lipinski definition) is 8. The van der Waals surface area contributed by atoms with Gasteiger partial charge in [-0.25, -0.2) is 4.79 Å². The zero-order valence-electron chi connectivity index (χ0n) is 16.4. The zero-order chi connectivity index (χ0) is 23.3. The maximum absolute atomic E-state index is 12.5. The van der Waals surface area contributed by atoms with Crippen LogP contribution in [0.25, 0.3) is 0 Å². The van der Waals surface area contributed by atoms with E-state index in [4.69, 9.17) is 15.9 Å². The molecule has 0 bridgehead atoms. The highest BCUT2D eigenvalue weighted by Crippen LogP contribution is 2.04. The van der Waals surface area contributed by atoms with Crippen LogP contribution in [0.15, 0.2) is 0 Å². The Morgan fingerprint density at radius 1 is 0.933 bits per heavy atom. The third kappa shape index (κ3) is 10.7. The number of aliphatic hydroxyl groups excluding tert-OH is 1. The van der Waals surface area contributed by atoms with Gasteiger partial charge in [-0.1, -0.05) is 0 Å². The SMILES string of the molecule is CSCCC(NC(=O)C(CS)NC(=O)C(CCC(=O)O)NC(=O)C(N)CO)C(=O)O. The number of carbonyl (C=O) groups is 5. The number of thioether (sulfide) groups is 1. The van der Waals surface area contributed by atoms with E-state index in [9.17, 15) is 29.1 Å². The molecule has 0 aromatic heterocycles. The highest BCUT2D eigenvalue weighted by molar-refractivity contribution is 7.98. The molecule has 0 aliphatic rings. The lowest BCUT2D eigenvalue weighted by molar-refractivity contribution is -0.142. The fourth-order valence-corrected chi connectivity index (χ4v) is 2.86. The summed E-state index contributed by atoms with van der Waals surface area (Å²) < 4.78 is 0. The fourth-order valence-electron chi connectivity index (χ4n) is 2.13. The summed E-state index contributed by atoms with van der Waals surface area (Å²) in [6.07, 6.45) is 1.20. The van der Waals surface area contributed by atoms with Gasteiger partial charge in [-0.2, -0.15) is 24.4 Å². The van der Waals surface area contributed by atoms with E-state index >= 15 is 0 Å². The predicted molar refractivity (Wildman–Crippen MR) is 112 cm³/mol. The van der Waals surface area contributed by atoms with Gasteiger partial charge < -0.3 is 37.0 Å². The molecule has 0 aromatic carbocycles. The molecule has 0 heterocycles. The average molecular weight is 469 g/mol. The smallest absolute Gasteiger partial charge is 0.326 e. The largest absolute Gasteiger partial charge is 0.481 e. The van der Waals surface area contributed by atoms with Gasteiger partial charge in [-0.3, -0.25) is 19.2 Å². The first-order chi connectivity index (χ1) is 14.1. The van der Waals surface area contributed by atoms with Gasteiger partial charge in [0, 0.05) is 12.2 Å². The molecular weight excluding hydrogens is 440 g/mol. The number of rotatable bonds is 15. The van der Waals surface area contributed by atoms with Crippen molar-refractivity contribution in [2.45, 2.75) is 43.4 Å². The van der Waals surface area contributed by atoms with Crippen LogP contribution in [-0.2, 0) is 24.0 Å². The highest BCUT2D eigenvalue weighted by Gasteiger charge is 2.29. The van der Waals surface area contributed by atoms with E-state index in [1.54, 1.807) is 6.26 Å². The van der Waals surface area contributed by atoms with Crippen LogP contribution in [-0.4, -0.2) is 93.5 Å². The Morgan fingerprint density at radius 2 is 1.47 bits per heavy atom. The summed E-state index contributed by atoms with van der Waals surface area (Å²) in [4.78, 5) is 58.8. The monoisotopic (exact) mass is 468 g/mol. The molecule has 3 amide bonds. The third-order valence-electron chi connectivity index (χ3n) is 3.85. The van der Waals surface area contributed by atoms with E-state index in [1.165, 1.54) is 11.8 Å². The average Bonchev–Trinajstić information content (AvgIpc) is 2.70. The summed E-state index contributed by atoms with van der Waals surface area (Å²) in [6.45, 7) is -0.687. The van der Waals surface area contributed by atoms with Gasteiger partial charge in [-0.05, 0) is 24.9 Å². The van der Waals surface area contributed by atoms with E-state index < -0.39 is 66.9 Å². The van der Waals surface area contributed by atoms with Gasteiger partial charge >= 0.3 is 11.9 Å². The summed E-state index contributed by atoms with van der Waals surface area (Å²) >= 11 is 5.39. The van der Waals surface area contributed by atoms with Crippen molar-refractivity contribution in [1.29, 1.82) is 0 Å². The molecule has 0 fully saturated rings. The first-order valence-corrected chi connectivity index (χ1v) is 10.9. The van der Waals surface area contributed by atoms with Gasteiger partial charge in [0.1, 0.15) is 24.2 Å². The summed E-state index contributed by atoms with van der Waals surface area (Å²) in [5.41, 5.74) is 5.38. The minimum Gasteiger partial charge on any atom is -0.481 e. The normalized spacial score (nSPS) is 14.7. The van der Waals surface area contributed by atoms with E-state index in [0.29, 0.717) is 5.75 Å². The number of carbonyl (C=O) groups excluding carboxylic acids is 3. The minimum atomic E-state index is -1.34. The summed E-state index contributed by atoms with van der Waals surface area (Å²) in [7, 11) is 0. The van der Waals surface area contributed by atoms with Crippen LogP contribution in [0.1, 0.15) is 19.3 Å². The lowest BCUT2D eigenvalue weighted by atomic mass is 10.1. The number of nitrogens with two attached hydrogens (primary N) is 1. The van der Waals surface area contributed by atoms with Crippen LogP contribution >= 0.6 is 24.4 Å². The van der Waals surface area contributed by atoms with Gasteiger partial charge in [0.05, 0.1) is 6.61 Å².